The van der Waals surface area contributed by atoms with Gasteiger partial charge < -0.3 is 10.1 Å². The summed E-state index contributed by atoms with van der Waals surface area (Å²) in [6, 6.07) is 6.35. The molecule has 1 aromatic heterocycles. The molecule has 21 heavy (non-hydrogen) atoms. The summed E-state index contributed by atoms with van der Waals surface area (Å²) >= 11 is 0. The number of hydrogen-bond acceptors (Lipinski definition) is 5. The molecular formula is C14H19N3O3S. The Bertz CT molecular complexity index is 734. The summed E-state index contributed by atoms with van der Waals surface area (Å²) in [6.07, 6.45) is 1.18. The van der Waals surface area contributed by atoms with Crippen LogP contribution in [0.4, 0.5) is 0 Å². The fourth-order valence-corrected chi connectivity index (χ4v) is 2.69. The Labute approximate surface area is 124 Å². The highest BCUT2D eigenvalue weighted by Crippen LogP contribution is 2.27. The van der Waals surface area contributed by atoms with Crippen LogP contribution in [0.3, 0.4) is 0 Å². The first-order valence-electron chi connectivity index (χ1n) is 6.48. The number of aryl methyl sites for hydroxylation is 2. The van der Waals surface area contributed by atoms with Gasteiger partial charge in [-0.3, -0.25) is 0 Å². The van der Waals surface area contributed by atoms with E-state index in [1.54, 1.807) is 16.8 Å². The second kappa shape index (κ2) is 5.87. The summed E-state index contributed by atoms with van der Waals surface area (Å²) in [4.78, 5) is 0.270. The highest BCUT2D eigenvalue weighted by molar-refractivity contribution is 7.90. The van der Waals surface area contributed by atoms with E-state index in [1.165, 1.54) is 18.4 Å². The van der Waals surface area contributed by atoms with Gasteiger partial charge in [0.2, 0.25) is 5.88 Å². The van der Waals surface area contributed by atoms with Crippen LogP contribution in [-0.2, 0) is 23.4 Å². The molecule has 0 amide bonds. The van der Waals surface area contributed by atoms with Crippen molar-refractivity contribution in [2.24, 2.45) is 7.05 Å². The molecule has 1 aromatic carbocycles. The Morgan fingerprint density at radius 2 is 1.90 bits per heavy atom. The zero-order chi connectivity index (χ0) is 15.6. The van der Waals surface area contributed by atoms with Crippen LogP contribution < -0.4 is 10.1 Å². The van der Waals surface area contributed by atoms with E-state index in [0.717, 1.165) is 11.3 Å². The third-order valence-corrected chi connectivity index (χ3v) is 4.24. The topological polar surface area (TPSA) is 73.2 Å². The van der Waals surface area contributed by atoms with E-state index in [0.29, 0.717) is 18.2 Å². The zero-order valence-corrected chi connectivity index (χ0v) is 13.4. The second-order valence-electron chi connectivity index (χ2n) is 4.87. The Hall–Kier alpha value is -1.86. The Morgan fingerprint density at radius 3 is 2.43 bits per heavy atom. The number of rotatable bonds is 5. The Balaban J connectivity index is 2.30. The van der Waals surface area contributed by atoms with Crippen LogP contribution >= 0.6 is 0 Å². The van der Waals surface area contributed by atoms with Crippen molar-refractivity contribution >= 4 is 9.84 Å². The molecule has 0 aliphatic carbocycles. The van der Waals surface area contributed by atoms with E-state index in [1.807, 2.05) is 21.0 Å². The van der Waals surface area contributed by atoms with Crippen molar-refractivity contribution in [1.82, 2.24) is 15.1 Å². The predicted octanol–water partition coefficient (Wildman–Crippen LogP) is 1.64. The minimum absolute atomic E-state index is 0.270. The van der Waals surface area contributed by atoms with Gasteiger partial charge in [0.1, 0.15) is 5.75 Å². The third-order valence-electron chi connectivity index (χ3n) is 3.11. The van der Waals surface area contributed by atoms with Crippen LogP contribution in [0.25, 0.3) is 0 Å². The van der Waals surface area contributed by atoms with Crippen LogP contribution in [0.5, 0.6) is 11.6 Å². The molecule has 0 radical (unpaired) electrons. The molecule has 2 aromatic rings. The van der Waals surface area contributed by atoms with Crippen LogP contribution in [0.2, 0.25) is 0 Å². The first kappa shape index (κ1) is 15.5. The SMILES string of the molecule is CNCc1c(C)nn(C)c1Oc1ccc(S(C)(=O)=O)cc1. The van der Waals surface area contributed by atoms with Crippen molar-refractivity contribution in [2.75, 3.05) is 13.3 Å². The van der Waals surface area contributed by atoms with Crippen molar-refractivity contribution in [1.29, 1.82) is 0 Å². The number of benzene rings is 1. The molecule has 1 heterocycles. The van der Waals surface area contributed by atoms with Crippen molar-refractivity contribution < 1.29 is 13.2 Å². The smallest absolute Gasteiger partial charge is 0.222 e. The molecule has 0 atom stereocenters. The molecule has 6 nitrogen and oxygen atoms in total. The van der Waals surface area contributed by atoms with E-state index in [2.05, 4.69) is 10.4 Å². The van der Waals surface area contributed by atoms with Crippen LogP contribution in [-0.4, -0.2) is 31.5 Å². The first-order chi connectivity index (χ1) is 9.82. The summed E-state index contributed by atoms with van der Waals surface area (Å²) in [5.41, 5.74) is 1.88. The van der Waals surface area contributed by atoms with Gasteiger partial charge in [-0.2, -0.15) is 5.10 Å². The molecule has 0 aliphatic heterocycles. The number of ether oxygens (including phenoxy) is 1. The lowest BCUT2D eigenvalue weighted by Gasteiger charge is -2.09. The minimum atomic E-state index is -3.20. The Morgan fingerprint density at radius 1 is 1.29 bits per heavy atom. The monoisotopic (exact) mass is 309 g/mol. The van der Waals surface area contributed by atoms with Gasteiger partial charge in [0.25, 0.3) is 0 Å². The fraction of sp³-hybridized carbons (Fsp3) is 0.357. The highest BCUT2D eigenvalue weighted by Gasteiger charge is 2.15. The third kappa shape index (κ3) is 3.43. The number of aromatic nitrogens is 2. The van der Waals surface area contributed by atoms with Crippen molar-refractivity contribution in [3.05, 3.63) is 35.5 Å². The van der Waals surface area contributed by atoms with E-state index < -0.39 is 9.84 Å². The van der Waals surface area contributed by atoms with E-state index in [9.17, 15) is 8.42 Å². The molecule has 0 aliphatic rings. The quantitative estimate of drug-likeness (QED) is 0.909. The average Bonchev–Trinajstić information content (AvgIpc) is 2.66. The lowest BCUT2D eigenvalue weighted by molar-refractivity contribution is 0.424. The van der Waals surface area contributed by atoms with Gasteiger partial charge in [-0.05, 0) is 38.2 Å². The largest absolute Gasteiger partial charge is 0.439 e. The maximum absolute atomic E-state index is 11.4. The lowest BCUT2D eigenvalue weighted by Crippen LogP contribution is -2.07. The molecule has 2 rings (SSSR count). The number of sulfone groups is 1. The summed E-state index contributed by atoms with van der Waals surface area (Å²) in [5, 5.41) is 7.42. The van der Waals surface area contributed by atoms with Gasteiger partial charge in [-0.1, -0.05) is 0 Å². The normalized spacial score (nSPS) is 11.6. The van der Waals surface area contributed by atoms with Crippen molar-refractivity contribution in [3.63, 3.8) is 0 Å². The van der Waals surface area contributed by atoms with Crippen molar-refractivity contribution in [2.45, 2.75) is 18.4 Å². The average molecular weight is 309 g/mol. The molecular weight excluding hydrogens is 290 g/mol. The van der Waals surface area contributed by atoms with Crippen molar-refractivity contribution in [3.8, 4) is 11.6 Å². The van der Waals surface area contributed by atoms with E-state index in [-0.39, 0.29) is 4.90 Å². The highest BCUT2D eigenvalue weighted by atomic mass is 32.2. The fourth-order valence-electron chi connectivity index (χ4n) is 2.06. The predicted molar refractivity (Wildman–Crippen MR) is 80.3 cm³/mol. The van der Waals surface area contributed by atoms with Gasteiger partial charge in [0, 0.05) is 19.8 Å². The molecule has 114 valence electrons. The van der Waals surface area contributed by atoms with E-state index in [4.69, 9.17) is 4.74 Å². The molecule has 0 saturated carbocycles. The number of nitrogens with one attached hydrogen (secondary N) is 1. The summed E-state index contributed by atoms with van der Waals surface area (Å²) in [6.45, 7) is 2.57. The summed E-state index contributed by atoms with van der Waals surface area (Å²) < 4.78 is 30.4. The molecule has 0 unspecified atom stereocenters. The first-order valence-corrected chi connectivity index (χ1v) is 8.37. The minimum Gasteiger partial charge on any atom is -0.439 e. The van der Waals surface area contributed by atoms with Crippen LogP contribution in [0.1, 0.15) is 11.3 Å². The molecule has 7 heteroatoms. The van der Waals surface area contributed by atoms with Crippen LogP contribution in [0.15, 0.2) is 29.2 Å². The van der Waals surface area contributed by atoms with Gasteiger partial charge >= 0.3 is 0 Å². The molecule has 0 saturated heterocycles. The molecule has 0 spiro atoms. The zero-order valence-electron chi connectivity index (χ0n) is 12.5. The molecule has 0 fully saturated rings. The number of nitrogens with zero attached hydrogens (tertiary/aromatic N) is 2. The molecule has 1 N–H and O–H groups in total. The summed E-state index contributed by atoms with van der Waals surface area (Å²) in [5.74, 6) is 1.22. The maximum atomic E-state index is 11.4. The van der Waals surface area contributed by atoms with E-state index >= 15 is 0 Å². The Kier molecular flexibility index (Phi) is 4.34. The van der Waals surface area contributed by atoms with Crippen LogP contribution in [0, 0.1) is 6.92 Å². The van der Waals surface area contributed by atoms with Gasteiger partial charge in [0.05, 0.1) is 16.2 Å². The van der Waals surface area contributed by atoms with Gasteiger partial charge in [0.15, 0.2) is 9.84 Å². The maximum Gasteiger partial charge on any atom is 0.222 e. The summed E-state index contributed by atoms with van der Waals surface area (Å²) in [7, 11) is 0.474. The van der Waals surface area contributed by atoms with Gasteiger partial charge in [-0.15, -0.1) is 0 Å². The van der Waals surface area contributed by atoms with Gasteiger partial charge in [-0.25, -0.2) is 13.1 Å². The standard InChI is InChI=1S/C14H19N3O3S/c1-10-13(9-15-2)14(17(3)16-10)20-11-5-7-12(8-6-11)21(4,18)19/h5-8,15H,9H2,1-4H3. The second-order valence-corrected chi connectivity index (χ2v) is 6.88. The lowest BCUT2D eigenvalue weighted by atomic mass is 10.2. The number of hydrogen-bond donors (Lipinski definition) is 1. The molecule has 0 bridgehead atoms.